The summed E-state index contributed by atoms with van der Waals surface area (Å²) < 4.78 is 0. The van der Waals surface area contributed by atoms with Crippen LogP contribution in [0, 0.1) is 0 Å². The minimum atomic E-state index is -0.0869. The van der Waals surface area contributed by atoms with Crippen molar-refractivity contribution in [1.29, 1.82) is 0 Å². The number of halogens is 1. The van der Waals surface area contributed by atoms with Crippen LogP contribution in [0.2, 0.25) is 0 Å². The second-order valence-corrected chi connectivity index (χ2v) is 5.40. The highest BCUT2D eigenvalue weighted by Crippen LogP contribution is 2.28. The van der Waals surface area contributed by atoms with Crippen LogP contribution in [0.4, 0.5) is 5.69 Å². The molecular formula is C15H14BrNO. The zero-order chi connectivity index (χ0) is 13.0. The number of rotatable bonds is 3. The molecule has 0 bridgehead atoms. The topological polar surface area (TPSA) is 29.1 Å². The van der Waals surface area contributed by atoms with Gasteiger partial charge in [0.2, 0.25) is 0 Å². The lowest BCUT2D eigenvalue weighted by Crippen LogP contribution is -2.13. The van der Waals surface area contributed by atoms with Crippen molar-refractivity contribution < 1.29 is 4.79 Å². The summed E-state index contributed by atoms with van der Waals surface area (Å²) in [4.78, 5) is 12.3. The van der Waals surface area contributed by atoms with Gasteiger partial charge in [-0.1, -0.05) is 52.3 Å². The van der Waals surface area contributed by atoms with Crippen molar-refractivity contribution in [3.63, 3.8) is 0 Å². The molecule has 0 heterocycles. The Labute approximate surface area is 115 Å². The van der Waals surface area contributed by atoms with Crippen molar-refractivity contribution in [2.45, 2.75) is 11.8 Å². The number of hydrogen-bond acceptors (Lipinski definition) is 1. The van der Waals surface area contributed by atoms with Gasteiger partial charge in [-0.05, 0) is 30.7 Å². The maximum Gasteiger partial charge on any atom is 0.255 e. The second-order valence-electron chi connectivity index (χ2n) is 4.02. The van der Waals surface area contributed by atoms with E-state index >= 15 is 0 Å². The number of hydrogen-bond donors (Lipinski definition) is 1. The normalized spacial score (nSPS) is 11.9. The first-order valence-electron chi connectivity index (χ1n) is 5.78. The third kappa shape index (κ3) is 2.99. The molecule has 0 saturated carbocycles. The third-order valence-electron chi connectivity index (χ3n) is 2.67. The van der Waals surface area contributed by atoms with Gasteiger partial charge in [0.15, 0.2) is 0 Å². The number of para-hydroxylation sites is 1. The van der Waals surface area contributed by atoms with Gasteiger partial charge in [0, 0.05) is 16.1 Å². The van der Waals surface area contributed by atoms with Gasteiger partial charge in [0.1, 0.15) is 0 Å². The average molecular weight is 304 g/mol. The van der Waals surface area contributed by atoms with Gasteiger partial charge >= 0.3 is 0 Å². The van der Waals surface area contributed by atoms with Crippen LogP contribution < -0.4 is 5.32 Å². The molecule has 1 amide bonds. The first-order valence-corrected chi connectivity index (χ1v) is 6.69. The van der Waals surface area contributed by atoms with Crippen LogP contribution in [-0.2, 0) is 0 Å². The van der Waals surface area contributed by atoms with Gasteiger partial charge in [-0.2, -0.15) is 0 Å². The van der Waals surface area contributed by atoms with Crippen molar-refractivity contribution >= 4 is 27.5 Å². The molecule has 1 atom stereocenters. The van der Waals surface area contributed by atoms with Gasteiger partial charge in [-0.3, -0.25) is 4.79 Å². The summed E-state index contributed by atoms with van der Waals surface area (Å²) in [6.07, 6.45) is 0. The summed E-state index contributed by atoms with van der Waals surface area (Å²) in [7, 11) is 0. The van der Waals surface area contributed by atoms with Gasteiger partial charge in [-0.15, -0.1) is 0 Å². The lowest BCUT2D eigenvalue weighted by Gasteiger charge is -2.12. The Morgan fingerprint density at radius 1 is 1.06 bits per heavy atom. The van der Waals surface area contributed by atoms with Crippen LogP contribution in [0.1, 0.15) is 27.7 Å². The summed E-state index contributed by atoms with van der Waals surface area (Å²) in [6, 6.07) is 17.0. The van der Waals surface area contributed by atoms with E-state index in [4.69, 9.17) is 0 Å². The standard InChI is InChI=1S/C15H14BrNO/c1-11(16)13-9-5-6-10-14(13)17-15(18)12-7-3-2-4-8-12/h2-11H,1H3,(H,17,18). The van der Waals surface area contributed by atoms with Gasteiger partial charge < -0.3 is 5.32 Å². The highest BCUT2D eigenvalue weighted by atomic mass is 79.9. The fraction of sp³-hybridized carbons (Fsp3) is 0.133. The average Bonchev–Trinajstić information content (AvgIpc) is 2.40. The van der Waals surface area contributed by atoms with Gasteiger partial charge in [0.25, 0.3) is 5.91 Å². The van der Waals surface area contributed by atoms with E-state index in [-0.39, 0.29) is 10.7 Å². The molecule has 0 spiro atoms. The van der Waals surface area contributed by atoms with Crippen molar-refractivity contribution in [2.24, 2.45) is 0 Å². The molecule has 0 radical (unpaired) electrons. The molecule has 0 saturated heterocycles. The van der Waals surface area contributed by atoms with Crippen LogP contribution in [0.5, 0.6) is 0 Å². The van der Waals surface area contributed by atoms with Gasteiger partial charge in [-0.25, -0.2) is 0 Å². The fourth-order valence-corrected chi connectivity index (χ4v) is 2.14. The monoisotopic (exact) mass is 303 g/mol. The van der Waals surface area contributed by atoms with E-state index in [1.54, 1.807) is 12.1 Å². The molecule has 0 fully saturated rings. The molecule has 0 aliphatic rings. The van der Waals surface area contributed by atoms with Crippen LogP contribution >= 0.6 is 15.9 Å². The summed E-state index contributed by atoms with van der Waals surface area (Å²) >= 11 is 3.53. The lowest BCUT2D eigenvalue weighted by atomic mass is 10.1. The maximum absolute atomic E-state index is 12.1. The molecule has 0 aromatic heterocycles. The molecule has 1 unspecified atom stereocenters. The Hall–Kier alpha value is -1.61. The lowest BCUT2D eigenvalue weighted by molar-refractivity contribution is 0.102. The van der Waals surface area contributed by atoms with E-state index in [0.29, 0.717) is 5.56 Å². The first kappa shape index (κ1) is 12.8. The molecular weight excluding hydrogens is 290 g/mol. The largest absolute Gasteiger partial charge is 0.322 e. The molecule has 92 valence electrons. The summed E-state index contributed by atoms with van der Waals surface area (Å²) in [6.45, 7) is 2.04. The smallest absolute Gasteiger partial charge is 0.255 e. The van der Waals surface area contributed by atoms with E-state index in [1.807, 2.05) is 49.4 Å². The Bertz CT molecular complexity index is 537. The van der Waals surface area contributed by atoms with E-state index in [0.717, 1.165) is 11.3 Å². The van der Waals surface area contributed by atoms with E-state index < -0.39 is 0 Å². The summed E-state index contributed by atoms with van der Waals surface area (Å²) in [5.41, 5.74) is 2.58. The molecule has 2 nitrogen and oxygen atoms in total. The number of benzene rings is 2. The van der Waals surface area contributed by atoms with Gasteiger partial charge in [0.05, 0.1) is 0 Å². The van der Waals surface area contributed by atoms with Crippen LogP contribution in [0.3, 0.4) is 0 Å². The zero-order valence-corrected chi connectivity index (χ0v) is 11.6. The van der Waals surface area contributed by atoms with Crippen LogP contribution in [-0.4, -0.2) is 5.91 Å². The SMILES string of the molecule is CC(Br)c1ccccc1NC(=O)c1ccccc1. The molecule has 0 aliphatic carbocycles. The Morgan fingerprint density at radius 2 is 1.67 bits per heavy atom. The molecule has 2 aromatic rings. The number of alkyl halides is 1. The highest BCUT2D eigenvalue weighted by Gasteiger charge is 2.10. The van der Waals surface area contributed by atoms with E-state index in [9.17, 15) is 4.79 Å². The number of carbonyl (C=O) groups excluding carboxylic acids is 1. The molecule has 2 aromatic carbocycles. The van der Waals surface area contributed by atoms with Crippen molar-refractivity contribution in [3.05, 3.63) is 65.7 Å². The summed E-state index contributed by atoms with van der Waals surface area (Å²) in [5.74, 6) is -0.0869. The Kier molecular flexibility index (Phi) is 4.15. The van der Waals surface area contributed by atoms with Crippen LogP contribution in [0.25, 0.3) is 0 Å². The molecule has 1 N–H and O–H groups in total. The predicted octanol–water partition coefficient (Wildman–Crippen LogP) is 4.39. The zero-order valence-electron chi connectivity index (χ0n) is 10.1. The molecule has 0 aliphatic heterocycles. The number of carbonyl (C=O) groups is 1. The molecule has 18 heavy (non-hydrogen) atoms. The van der Waals surface area contributed by atoms with Crippen molar-refractivity contribution in [1.82, 2.24) is 0 Å². The quantitative estimate of drug-likeness (QED) is 0.837. The number of anilines is 1. The Balaban J connectivity index is 2.22. The first-order chi connectivity index (χ1) is 8.68. The minimum absolute atomic E-state index is 0.0869. The number of nitrogens with one attached hydrogen (secondary N) is 1. The second kappa shape index (κ2) is 5.83. The maximum atomic E-state index is 12.1. The van der Waals surface area contributed by atoms with Crippen molar-refractivity contribution in [2.75, 3.05) is 5.32 Å². The summed E-state index contributed by atoms with van der Waals surface area (Å²) in [5, 5.41) is 2.94. The van der Waals surface area contributed by atoms with E-state index in [1.165, 1.54) is 0 Å². The molecule has 3 heteroatoms. The minimum Gasteiger partial charge on any atom is -0.322 e. The predicted molar refractivity (Wildman–Crippen MR) is 78.2 cm³/mol. The highest BCUT2D eigenvalue weighted by molar-refractivity contribution is 9.09. The van der Waals surface area contributed by atoms with E-state index in [2.05, 4.69) is 21.2 Å². The fourth-order valence-electron chi connectivity index (χ4n) is 1.74. The molecule has 2 rings (SSSR count). The van der Waals surface area contributed by atoms with Crippen molar-refractivity contribution in [3.8, 4) is 0 Å². The third-order valence-corrected chi connectivity index (χ3v) is 3.17. The Morgan fingerprint density at radius 3 is 2.33 bits per heavy atom. The van der Waals surface area contributed by atoms with Crippen LogP contribution in [0.15, 0.2) is 54.6 Å². The number of amides is 1.